The Kier molecular flexibility index (Phi) is 10.5. The molecule has 1 aromatic carbocycles. The van der Waals surface area contributed by atoms with Crippen molar-refractivity contribution in [2.24, 2.45) is 10.8 Å². The predicted molar refractivity (Wildman–Crippen MR) is 179 cm³/mol. The van der Waals surface area contributed by atoms with Crippen LogP contribution in [0.3, 0.4) is 0 Å². The number of nitrogens with zero attached hydrogens (tertiary/aromatic N) is 6. The number of carboxylic acid groups (broad SMARTS) is 1. The first-order valence-corrected chi connectivity index (χ1v) is 16.6. The van der Waals surface area contributed by atoms with Gasteiger partial charge in [-0.2, -0.15) is 13.2 Å². The number of aryl methyl sites for hydroxylation is 1. The van der Waals surface area contributed by atoms with Crippen LogP contribution < -0.4 is 14.4 Å². The lowest BCUT2D eigenvalue weighted by Crippen LogP contribution is -2.40. The highest BCUT2D eigenvalue weighted by molar-refractivity contribution is 8.00. The zero-order valence-electron chi connectivity index (χ0n) is 27.4. The Labute approximate surface area is 282 Å². The van der Waals surface area contributed by atoms with Crippen LogP contribution in [-0.2, 0) is 11.2 Å². The average Bonchev–Trinajstić information content (AvgIpc) is 3.52. The van der Waals surface area contributed by atoms with E-state index in [4.69, 9.17) is 19.7 Å². The Bertz CT molecular complexity index is 1730. The smallest absolute Gasteiger partial charge is 0.397 e. The number of ether oxygens (including phenoxy) is 1. The van der Waals surface area contributed by atoms with E-state index in [1.165, 1.54) is 22.7 Å². The number of pyridine rings is 1. The summed E-state index contributed by atoms with van der Waals surface area (Å²) in [6.07, 6.45) is 3.27. The van der Waals surface area contributed by atoms with Crippen LogP contribution >= 0.6 is 11.9 Å². The third-order valence-electron chi connectivity index (χ3n) is 8.24. The van der Waals surface area contributed by atoms with Gasteiger partial charge in [0.25, 0.3) is 0 Å². The quantitative estimate of drug-likeness (QED) is 0.187. The first-order chi connectivity index (χ1) is 22.7. The molecule has 4 bridgehead atoms. The number of benzene rings is 1. The number of carboxylic acids is 1. The summed E-state index contributed by atoms with van der Waals surface area (Å²) in [5.74, 6) is 0.745. The lowest BCUT2D eigenvalue weighted by atomic mass is 9.93. The molecule has 0 spiro atoms. The van der Waals surface area contributed by atoms with Crippen LogP contribution in [0.4, 0.5) is 24.8 Å². The first-order valence-electron chi connectivity index (χ1n) is 15.8. The van der Waals surface area contributed by atoms with Crippen LogP contribution in [0, 0.1) is 10.8 Å². The molecule has 0 unspecified atom stereocenters. The number of halogens is 3. The summed E-state index contributed by atoms with van der Waals surface area (Å²) in [5.41, 5.74) is -0.505. The van der Waals surface area contributed by atoms with E-state index in [1.807, 2.05) is 41.3 Å². The Morgan fingerprint density at radius 1 is 1.00 bits per heavy atom. The van der Waals surface area contributed by atoms with Gasteiger partial charge in [0.2, 0.25) is 5.88 Å². The maximum absolute atomic E-state index is 13.4. The van der Waals surface area contributed by atoms with E-state index in [1.54, 1.807) is 26.2 Å². The fraction of sp³-hybridized carbons (Fsp3) is 0.441. The molecule has 5 rings (SSSR count). The average molecular weight is 684 g/mol. The van der Waals surface area contributed by atoms with Gasteiger partial charge in [-0.1, -0.05) is 43.2 Å². The van der Waals surface area contributed by atoms with Gasteiger partial charge in [0.1, 0.15) is 23.1 Å². The molecular formula is C34H40F3N7O3S. The van der Waals surface area contributed by atoms with Gasteiger partial charge in [-0.05, 0) is 64.7 Å². The highest BCUT2D eigenvalue weighted by Gasteiger charge is 2.48. The van der Waals surface area contributed by atoms with E-state index >= 15 is 0 Å². The summed E-state index contributed by atoms with van der Waals surface area (Å²) in [5, 5.41) is 14.9. The molecule has 256 valence electrons. The molecule has 4 heterocycles. The van der Waals surface area contributed by atoms with Crippen LogP contribution in [0.1, 0.15) is 58.9 Å². The fourth-order valence-corrected chi connectivity index (χ4v) is 5.71. The van der Waals surface area contributed by atoms with Crippen molar-refractivity contribution in [3.05, 3.63) is 66.5 Å². The van der Waals surface area contributed by atoms with Gasteiger partial charge in [0, 0.05) is 42.9 Å². The van der Waals surface area contributed by atoms with Crippen molar-refractivity contribution < 1.29 is 27.8 Å². The van der Waals surface area contributed by atoms with Crippen molar-refractivity contribution in [1.82, 2.24) is 24.7 Å². The topological polar surface area (TPSA) is 118 Å². The van der Waals surface area contributed by atoms with Crippen LogP contribution in [0.2, 0.25) is 0 Å². The lowest BCUT2D eigenvalue weighted by molar-refractivity contribution is -0.219. The summed E-state index contributed by atoms with van der Waals surface area (Å²) in [4.78, 5) is 28.5. The van der Waals surface area contributed by atoms with Gasteiger partial charge in [-0.15, -0.1) is 5.10 Å². The van der Waals surface area contributed by atoms with Crippen molar-refractivity contribution in [3.63, 3.8) is 0 Å². The maximum Gasteiger partial charge on any atom is 0.397 e. The van der Waals surface area contributed by atoms with Crippen LogP contribution in [0.25, 0.3) is 17.1 Å². The second-order valence-electron chi connectivity index (χ2n) is 13.2. The molecule has 0 saturated heterocycles. The van der Waals surface area contributed by atoms with Gasteiger partial charge in [0.05, 0.1) is 17.0 Å². The van der Waals surface area contributed by atoms with Gasteiger partial charge in [0.15, 0.2) is 11.6 Å². The molecule has 3 aromatic heterocycles. The number of rotatable bonds is 7. The fourth-order valence-electron chi connectivity index (χ4n) is 5.12. The summed E-state index contributed by atoms with van der Waals surface area (Å²) in [7, 11) is 0. The minimum Gasteiger partial charge on any atom is -0.481 e. The molecule has 0 radical (unpaired) electrons. The monoisotopic (exact) mass is 683 g/mol. The highest BCUT2D eigenvalue weighted by Crippen LogP contribution is 2.38. The highest BCUT2D eigenvalue weighted by atomic mass is 32.2. The first kappa shape index (κ1) is 35.0. The minimum absolute atomic E-state index is 0.0448. The van der Waals surface area contributed by atoms with Gasteiger partial charge >= 0.3 is 12.1 Å². The zero-order chi connectivity index (χ0) is 34.5. The number of hydrogen-bond acceptors (Lipinski definition) is 9. The summed E-state index contributed by atoms with van der Waals surface area (Å²) >= 11 is 1.26. The number of aliphatic carboxylic acids is 1. The van der Waals surface area contributed by atoms with Crippen molar-refractivity contribution in [2.45, 2.75) is 71.0 Å². The van der Waals surface area contributed by atoms with Gasteiger partial charge < -0.3 is 19.5 Å². The number of carbonyl (C=O) groups is 1. The van der Waals surface area contributed by atoms with Crippen LogP contribution in [0.15, 0.2) is 66.0 Å². The van der Waals surface area contributed by atoms with Crippen molar-refractivity contribution in [1.29, 1.82) is 0 Å². The molecule has 2 N–H and O–H groups in total. The summed E-state index contributed by atoms with van der Waals surface area (Å²) in [6, 6.07) is 15.1. The minimum atomic E-state index is -4.43. The second-order valence-corrected chi connectivity index (χ2v) is 14.0. The molecule has 48 heavy (non-hydrogen) atoms. The molecule has 0 amide bonds. The molecule has 10 nitrogen and oxygen atoms in total. The normalized spacial score (nSPS) is 14.9. The molecular weight excluding hydrogens is 643 g/mol. The van der Waals surface area contributed by atoms with Crippen molar-refractivity contribution in [3.8, 4) is 23.0 Å². The Hall–Kier alpha value is -4.33. The Morgan fingerprint density at radius 2 is 1.77 bits per heavy atom. The van der Waals surface area contributed by atoms with Gasteiger partial charge in [-0.25, -0.2) is 19.6 Å². The van der Waals surface area contributed by atoms with E-state index in [2.05, 4.69) is 15.9 Å². The second kappa shape index (κ2) is 14.4. The van der Waals surface area contributed by atoms with E-state index in [-0.39, 0.29) is 5.88 Å². The van der Waals surface area contributed by atoms with E-state index in [0.717, 1.165) is 57.1 Å². The lowest BCUT2D eigenvalue weighted by Gasteiger charge is -2.31. The van der Waals surface area contributed by atoms with Crippen LogP contribution in [0.5, 0.6) is 5.88 Å². The molecule has 1 aliphatic heterocycles. The maximum atomic E-state index is 13.4. The number of alkyl halides is 3. The van der Waals surface area contributed by atoms with Crippen molar-refractivity contribution >= 4 is 29.6 Å². The Morgan fingerprint density at radius 3 is 2.54 bits per heavy atom. The summed E-state index contributed by atoms with van der Waals surface area (Å²) < 4.78 is 50.3. The van der Waals surface area contributed by atoms with E-state index < -0.39 is 29.6 Å². The molecule has 0 fully saturated rings. The third kappa shape index (κ3) is 8.38. The molecule has 0 aliphatic carbocycles. The molecule has 0 saturated carbocycles. The largest absolute Gasteiger partial charge is 0.481 e. The van der Waals surface area contributed by atoms with Gasteiger partial charge in [-0.3, -0.25) is 4.79 Å². The number of anilines is 2. The SMILES string of the molecule is CC(C)(CN1CCCCCCc2ccccc2-c2nc(cnc2-n2ccc(OCC(C)(C)C(F)(F)F)n2)NSc2cccc1n2)C(=O)O. The number of hydrogen-bond donors (Lipinski definition) is 2. The molecule has 0 atom stereocenters. The standard InChI is InChI=1S/C34H40F3N7O3S/c1-32(2,31(45)46)21-43-18-10-6-5-7-12-23-13-8-9-14-24(23)29-30(38-20-25(39-29)42-48-28-16-11-15-26(43)40-28)44-19-17-27(41-44)47-22-33(3,4)34(35,36)37/h8-9,11,13-17,19-20H,5-7,10,12,18,21-22H2,1-4H3,(H,39,42)(H,45,46). The molecule has 4 aromatic rings. The van der Waals surface area contributed by atoms with E-state index in [0.29, 0.717) is 41.3 Å². The van der Waals surface area contributed by atoms with Crippen molar-refractivity contribution in [2.75, 3.05) is 29.3 Å². The number of nitrogens with one attached hydrogen (secondary N) is 1. The third-order valence-corrected chi connectivity index (χ3v) is 8.99. The number of fused-ring (bicyclic) bond motifs is 6. The van der Waals surface area contributed by atoms with E-state index in [9.17, 15) is 23.1 Å². The molecule has 1 aliphatic rings. The number of aromatic nitrogens is 5. The predicted octanol–water partition coefficient (Wildman–Crippen LogP) is 7.84. The Balaban J connectivity index is 1.47. The van der Waals surface area contributed by atoms with Crippen LogP contribution in [-0.4, -0.2) is 61.7 Å². The molecule has 14 heteroatoms. The zero-order valence-corrected chi connectivity index (χ0v) is 28.2. The summed E-state index contributed by atoms with van der Waals surface area (Å²) in [6.45, 7) is 6.03.